The first-order chi connectivity index (χ1) is 10.3. The van der Waals surface area contributed by atoms with E-state index in [4.69, 9.17) is 0 Å². The summed E-state index contributed by atoms with van der Waals surface area (Å²) in [6, 6.07) is 1.38. The summed E-state index contributed by atoms with van der Waals surface area (Å²) in [6.45, 7) is 14.3. The predicted molar refractivity (Wildman–Crippen MR) is 90.9 cm³/mol. The lowest BCUT2D eigenvalue weighted by Gasteiger charge is -2.34. The maximum absolute atomic E-state index is 3.82. The van der Waals surface area contributed by atoms with E-state index >= 15 is 0 Å². The van der Waals surface area contributed by atoms with Crippen molar-refractivity contribution in [3.05, 3.63) is 0 Å². The van der Waals surface area contributed by atoms with E-state index in [1.807, 2.05) is 0 Å². The van der Waals surface area contributed by atoms with Gasteiger partial charge in [-0.05, 0) is 39.3 Å². The second-order valence-corrected chi connectivity index (χ2v) is 6.91. The summed E-state index contributed by atoms with van der Waals surface area (Å²) in [6.07, 6.45) is 6.62. The van der Waals surface area contributed by atoms with Gasteiger partial charge in [0, 0.05) is 51.4 Å². The van der Waals surface area contributed by atoms with E-state index in [0.29, 0.717) is 6.04 Å². The van der Waals surface area contributed by atoms with Crippen molar-refractivity contribution in [3.8, 4) is 0 Å². The molecule has 0 radical (unpaired) electrons. The van der Waals surface area contributed by atoms with E-state index in [9.17, 15) is 0 Å². The highest BCUT2D eigenvalue weighted by atomic mass is 15.2. The minimum atomic E-state index is 0.653. The number of fused-ring (bicyclic) bond motifs is 3. The lowest BCUT2D eigenvalue weighted by Crippen LogP contribution is -2.48. The highest BCUT2D eigenvalue weighted by Gasteiger charge is 2.17. The third kappa shape index (κ3) is 6.64. The number of hydrogen-bond acceptors (Lipinski definition) is 4. The number of nitrogens with zero attached hydrogens (tertiary/aromatic N) is 2. The van der Waals surface area contributed by atoms with E-state index < -0.39 is 0 Å². The molecule has 0 saturated carbocycles. The van der Waals surface area contributed by atoms with Crippen LogP contribution in [-0.4, -0.2) is 74.2 Å². The Labute approximate surface area is 131 Å². The van der Waals surface area contributed by atoms with Gasteiger partial charge in [0.1, 0.15) is 0 Å². The van der Waals surface area contributed by atoms with Crippen LogP contribution in [0.25, 0.3) is 0 Å². The van der Waals surface area contributed by atoms with Crippen molar-refractivity contribution in [2.45, 2.75) is 58.0 Å². The fourth-order valence-electron chi connectivity index (χ4n) is 3.47. The second kappa shape index (κ2) is 9.78. The molecule has 4 nitrogen and oxygen atoms in total. The highest BCUT2D eigenvalue weighted by Crippen LogP contribution is 2.09. The molecule has 2 saturated heterocycles. The van der Waals surface area contributed by atoms with Crippen LogP contribution in [0.4, 0.5) is 0 Å². The Morgan fingerprint density at radius 1 is 0.857 bits per heavy atom. The molecule has 2 aliphatic heterocycles. The molecular weight excluding hydrogens is 260 g/mol. The molecule has 4 atom stereocenters. The van der Waals surface area contributed by atoms with Gasteiger partial charge in [0.05, 0.1) is 0 Å². The van der Waals surface area contributed by atoms with E-state index in [1.54, 1.807) is 0 Å². The Kier molecular flexibility index (Phi) is 8.01. The quantitative estimate of drug-likeness (QED) is 0.827. The van der Waals surface area contributed by atoms with Gasteiger partial charge in [0.15, 0.2) is 0 Å². The number of unbranched alkanes of at least 4 members (excludes halogenated alkanes) is 1. The summed E-state index contributed by atoms with van der Waals surface area (Å²) in [7, 11) is 0. The van der Waals surface area contributed by atoms with Crippen LogP contribution < -0.4 is 10.6 Å². The first-order valence-electron chi connectivity index (χ1n) is 9.19. The third-order valence-corrected chi connectivity index (χ3v) is 5.09. The maximum Gasteiger partial charge on any atom is 0.0110 e. The van der Waals surface area contributed by atoms with Crippen molar-refractivity contribution in [3.63, 3.8) is 0 Å². The van der Waals surface area contributed by atoms with E-state index in [0.717, 1.165) is 19.1 Å². The summed E-state index contributed by atoms with van der Waals surface area (Å²) >= 11 is 0. The second-order valence-electron chi connectivity index (χ2n) is 6.91. The Bertz CT molecular complexity index is 272. The normalized spacial score (nSPS) is 36.3. The summed E-state index contributed by atoms with van der Waals surface area (Å²) in [4.78, 5) is 5.33. The monoisotopic (exact) mass is 296 g/mol. The van der Waals surface area contributed by atoms with Crippen molar-refractivity contribution in [1.29, 1.82) is 0 Å². The molecule has 2 N–H and O–H groups in total. The SMILES string of the molecule is CCCCC1CCN2CCNC(C)CCN(CCN1)CC2. The number of hydrogen-bond donors (Lipinski definition) is 2. The molecular formula is C17H36N4. The highest BCUT2D eigenvalue weighted by molar-refractivity contribution is 4.77. The minimum absolute atomic E-state index is 0.653. The topological polar surface area (TPSA) is 30.5 Å². The van der Waals surface area contributed by atoms with Gasteiger partial charge in [-0.1, -0.05) is 19.8 Å². The number of nitrogens with one attached hydrogen (secondary N) is 2. The summed E-state index contributed by atoms with van der Waals surface area (Å²) in [5.74, 6) is 0. The summed E-state index contributed by atoms with van der Waals surface area (Å²) in [5.41, 5.74) is 0. The van der Waals surface area contributed by atoms with Crippen LogP contribution in [0.2, 0.25) is 0 Å². The number of rotatable bonds is 3. The van der Waals surface area contributed by atoms with E-state index in [2.05, 4.69) is 34.3 Å². The van der Waals surface area contributed by atoms with Gasteiger partial charge in [0.2, 0.25) is 0 Å². The summed E-state index contributed by atoms with van der Waals surface area (Å²) < 4.78 is 0. The average molecular weight is 297 g/mol. The first kappa shape index (κ1) is 17.2. The molecule has 2 aliphatic rings. The standard InChI is InChI=1S/C17H36N4/c1-3-4-5-17-7-11-21-12-8-18-16(2)6-10-20(14-15-21)13-9-19-17/h16-19H,3-15H2,1-2H3. The van der Waals surface area contributed by atoms with E-state index in [1.165, 1.54) is 71.4 Å². The van der Waals surface area contributed by atoms with Gasteiger partial charge >= 0.3 is 0 Å². The Balaban J connectivity index is 1.91. The molecule has 0 aromatic rings. The lowest BCUT2D eigenvalue weighted by molar-refractivity contribution is 0.167. The molecule has 124 valence electrons. The van der Waals surface area contributed by atoms with Crippen molar-refractivity contribution in [2.24, 2.45) is 0 Å². The van der Waals surface area contributed by atoms with Crippen molar-refractivity contribution < 1.29 is 0 Å². The van der Waals surface area contributed by atoms with Gasteiger partial charge in [-0.3, -0.25) is 0 Å². The molecule has 2 rings (SSSR count). The molecule has 2 heterocycles. The van der Waals surface area contributed by atoms with Gasteiger partial charge < -0.3 is 20.4 Å². The smallest absolute Gasteiger partial charge is 0.0110 e. The zero-order valence-electron chi connectivity index (χ0n) is 14.2. The average Bonchev–Trinajstić information content (AvgIpc) is 2.50. The molecule has 0 aromatic heterocycles. The van der Waals surface area contributed by atoms with Crippen LogP contribution in [0, 0.1) is 0 Å². The lowest BCUT2D eigenvalue weighted by atomic mass is 10.1. The zero-order chi connectivity index (χ0) is 14.9. The molecule has 2 fully saturated rings. The first-order valence-corrected chi connectivity index (χ1v) is 9.19. The molecule has 21 heavy (non-hydrogen) atoms. The van der Waals surface area contributed by atoms with Gasteiger partial charge in [-0.2, -0.15) is 0 Å². The molecule has 4 unspecified atom stereocenters. The zero-order valence-corrected chi connectivity index (χ0v) is 14.2. The van der Waals surface area contributed by atoms with Crippen LogP contribution >= 0.6 is 0 Å². The maximum atomic E-state index is 3.82. The fourth-order valence-corrected chi connectivity index (χ4v) is 3.47. The molecule has 0 aliphatic carbocycles. The van der Waals surface area contributed by atoms with Crippen LogP contribution in [-0.2, 0) is 0 Å². The van der Waals surface area contributed by atoms with Crippen LogP contribution in [0.5, 0.6) is 0 Å². The van der Waals surface area contributed by atoms with Crippen molar-refractivity contribution in [1.82, 2.24) is 20.4 Å². The van der Waals surface area contributed by atoms with Crippen LogP contribution in [0.1, 0.15) is 46.0 Å². The summed E-state index contributed by atoms with van der Waals surface area (Å²) in [5, 5.41) is 7.50. The largest absolute Gasteiger partial charge is 0.313 e. The Morgan fingerprint density at radius 2 is 1.52 bits per heavy atom. The predicted octanol–water partition coefficient (Wildman–Crippen LogP) is 1.52. The van der Waals surface area contributed by atoms with Gasteiger partial charge in [0.25, 0.3) is 0 Å². The molecule has 4 heteroatoms. The van der Waals surface area contributed by atoms with Gasteiger partial charge in [-0.15, -0.1) is 0 Å². The van der Waals surface area contributed by atoms with Crippen LogP contribution in [0.15, 0.2) is 0 Å². The molecule has 0 spiro atoms. The fraction of sp³-hybridized carbons (Fsp3) is 1.00. The minimum Gasteiger partial charge on any atom is -0.313 e. The molecule has 2 bridgehead atoms. The Hall–Kier alpha value is -0.160. The van der Waals surface area contributed by atoms with Gasteiger partial charge in [-0.25, -0.2) is 0 Å². The van der Waals surface area contributed by atoms with Crippen LogP contribution in [0.3, 0.4) is 0 Å². The van der Waals surface area contributed by atoms with Crippen molar-refractivity contribution >= 4 is 0 Å². The Morgan fingerprint density at radius 3 is 2.24 bits per heavy atom. The van der Waals surface area contributed by atoms with E-state index in [-0.39, 0.29) is 0 Å². The molecule has 0 aromatic carbocycles. The molecule has 0 amide bonds. The third-order valence-electron chi connectivity index (χ3n) is 5.09. The van der Waals surface area contributed by atoms with Crippen molar-refractivity contribution in [2.75, 3.05) is 52.4 Å².